The maximum Gasteiger partial charge on any atom is 0.241 e. The van der Waals surface area contributed by atoms with Gasteiger partial charge in [-0.05, 0) is 25.0 Å². The predicted molar refractivity (Wildman–Crippen MR) is 64.9 cm³/mol. The monoisotopic (exact) mass is 291 g/mol. The van der Waals surface area contributed by atoms with Crippen LogP contribution in [0.15, 0.2) is 23.1 Å². The van der Waals surface area contributed by atoms with Gasteiger partial charge in [0, 0.05) is 12.1 Å². The first-order valence-electron chi connectivity index (χ1n) is 6.05. The minimum absolute atomic E-state index is 0.470. The van der Waals surface area contributed by atoms with E-state index in [4.69, 9.17) is 0 Å². The lowest BCUT2D eigenvalue weighted by atomic mass is 9.93. The molecule has 2 N–H and O–H groups in total. The molecular weight excluding hydrogens is 276 g/mol. The molecule has 1 aliphatic rings. The van der Waals surface area contributed by atoms with E-state index in [1.807, 2.05) is 0 Å². The van der Waals surface area contributed by atoms with Crippen LogP contribution >= 0.6 is 0 Å². The number of sulfonamides is 1. The van der Waals surface area contributed by atoms with E-state index in [-0.39, 0.29) is 0 Å². The zero-order valence-electron chi connectivity index (χ0n) is 10.1. The van der Waals surface area contributed by atoms with Crippen LogP contribution in [0.4, 0.5) is 8.78 Å². The summed E-state index contributed by atoms with van der Waals surface area (Å²) in [6, 6.07) is 1.50. The topological polar surface area (TPSA) is 66.4 Å². The molecule has 0 radical (unpaired) electrons. The predicted octanol–water partition coefficient (Wildman–Crippen LogP) is 1.55. The standard InChI is InChI=1S/C12H15F2NO3S/c13-8-5-9(14)7-10(6-8)19(17,18)15-11-3-1-2-4-12(11)16/h5-7,11-12,15-16H,1-4H2/t11-,12-/m0/s1. The second-order valence-electron chi connectivity index (χ2n) is 4.68. The third-order valence-electron chi connectivity index (χ3n) is 3.18. The van der Waals surface area contributed by atoms with Crippen molar-refractivity contribution in [3.05, 3.63) is 29.8 Å². The van der Waals surface area contributed by atoms with Gasteiger partial charge in [0.2, 0.25) is 10.0 Å². The molecule has 19 heavy (non-hydrogen) atoms. The Morgan fingerprint density at radius 1 is 1.11 bits per heavy atom. The van der Waals surface area contributed by atoms with Gasteiger partial charge >= 0.3 is 0 Å². The van der Waals surface area contributed by atoms with E-state index in [1.165, 1.54) is 0 Å². The lowest BCUT2D eigenvalue weighted by Crippen LogP contribution is -2.44. The molecule has 0 aromatic heterocycles. The molecule has 2 atom stereocenters. The Labute approximate surface area is 110 Å². The molecule has 1 aliphatic carbocycles. The summed E-state index contributed by atoms with van der Waals surface area (Å²) < 4.78 is 52.4. The number of hydrogen-bond acceptors (Lipinski definition) is 3. The summed E-state index contributed by atoms with van der Waals surface area (Å²) in [4.78, 5) is -0.470. The van der Waals surface area contributed by atoms with Gasteiger partial charge in [0.15, 0.2) is 0 Å². The van der Waals surface area contributed by atoms with Crippen LogP contribution < -0.4 is 4.72 Å². The molecule has 4 nitrogen and oxygen atoms in total. The summed E-state index contributed by atoms with van der Waals surface area (Å²) in [5, 5.41) is 9.71. The smallest absolute Gasteiger partial charge is 0.241 e. The van der Waals surface area contributed by atoms with Gasteiger partial charge in [0.1, 0.15) is 11.6 Å². The molecule has 1 saturated carbocycles. The van der Waals surface area contributed by atoms with Crippen molar-refractivity contribution in [1.82, 2.24) is 4.72 Å². The molecule has 0 aliphatic heterocycles. The van der Waals surface area contributed by atoms with E-state index in [1.54, 1.807) is 0 Å². The van der Waals surface area contributed by atoms with Gasteiger partial charge in [0.05, 0.1) is 11.0 Å². The summed E-state index contributed by atoms with van der Waals surface area (Å²) in [7, 11) is -4.03. The lowest BCUT2D eigenvalue weighted by Gasteiger charge is -2.28. The minimum atomic E-state index is -4.03. The molecule has 1 aromatic carbocycles. The van der Waals surface area contributed by atoms with Gasteiger partial charge in [-0.1, -0.05) is 12.8 Å². The van der Waals surface area contributed by atoms with E-state index in [0.717, 1.165) is 25.0 Å². The quantitative estimate of drug-likeness (QED) is 0.888. The van der Waals surface area contributed by atoms with E-state index in [9.17, 15) is 22.3 Å². The Morgan fingerprint density at radius 2 is 1.68 bits per heavy atom. The molecule has 106 valence electrons. The first-order chi connectivity index (χ1) is 8.88. The van der Waals surface area contributed by atoms with Crippen molar-refractivity contribution >= 4 is 10.0 Å². The number of hydrogen-bond donors (Lipinski definition) is 2. The van der Waals surface area contributed by atoms with Crippen molar-refractivity contribution in [2.45, 2.75) is 42.7 Å². The molecule has 0 bridgehead atoms. The lowest BCUT2D eigenvalue weighted by molar-refractivity contribution is 0.101. The van der Waals surface area contributed by atoms with Crippen molar-refractivity contribution in [2.24, 2.45) is 0 Å². The van der Waals surface area contributed by atoms with E-state index in [2.05, 4.69) is 4.72 Å². The van der Waals surface area contributed by atoms with Gasteiger partial charge in [-0.15, -0.1) is 0 Å². The van der Waals surface area contributed by atoms with Crippen LogP contribution in [0.25, 0.3) is 0 Å². The Morgan fingerprint density at radius 3 is 2.26 bits per heavy atom. The van der Waals surface area contributed by atoms with Crippen LogP contribution in [0.2, 0.25) is 0 Å². The third-order valence-corrected chi connectivity index (χ3v) is 4.65. The molecule has 0 unspecified atom stereocenters. The number of aliphatic hydroxyl groups excluding tert-OH is 1. The number of halogens is 2. The zero-order valence-corrected chi connectivity index (χ0v) is 11.0. The number of benzene rings is 1. The zero-order chi connectivity index (χ0) is 14.0. The summed E-state index contributed by atoms with van der Waals surface area (Å²) in [6.45, 7) is 0. The molecule has 0 spiro atoms. The molecule has 1 aromatic rings. The fraction of sp³-hybridized carbons (Fsp3) is 0.500. The first kappa shape index (κ1) is 14.4. The van der Waals surface area contributed by atoms with Gasteiger partial charge < -0.3 is 5.11 Å². The van der Waals surface area contributed by atoms with Crippen molar-refractivity contribution in [3.63, 3.8) is 0 Å². The Hall–Kier alpha value is -1.05. The second-order valence-corrected chi connectivity index (χ2v) is 6.40. The summed E-state index contributed by atoms with van der Waals surface area (Å²) in [5.41, 5.74) is 0. The summed E-state index contributed by atoms with van der Waals surface area (Å²) in [5.74, 6) is -1.91. The van der Waals surface area contributed by atoms with Crippen LogP contribution in [-0.2, 0) is 10.0 Å². The van der Waals surface area contributed by atoms with Crippen LogP contribution in [0.3, 0.4) is 0 Å². The Kier molecular flexibility index (Phi) is 4.17. The van der Waals surface area contributed by atoms with Crippen LogP contribution in [-0.4, -0.2) is 25.7 Å². The Bertz CT molecular complexity index is 542. The highest BCUT2D eigenvalue weighted by Gasteiger charge is 2.28. The molecule has 0 amide bonds. The van der Waals surface area contributed by atoms with E-state index in [0.29, 0.717) is 18.9 Å². The van der Waals surface area contributed by atoms with Crippen LogP contribution in [0.5, 0.6) is 0 Å². The van der Waals surface area contributed by atoms with Crippen molar-refractivity contribution < 1.29 is 22.3 Å². The molecule has 1 fully saturated rings. The molecular formula is C12H15F2NO3S. The summed E-state index contributed by atoms with van der Waals surface area (Å²) in [6.07, 6.45) is 1.92. The SMILES string of the molecule is O=S(=O)(N[C@H]1CCCC[C@@H]1O)c1cc(F)cc(F)c1. The number of nitrogens with one attached hydrogen (secondary N) is 1. The molecule has 0 saturated heterocycles. The number of aliphatic hydroxyl groups is 1. The van der Waals surface area contributed by atoms with Crippen molar-refractivity contribution in [3.8, 4) is 0 Å². The van der Waals surface area contributed by atoms with Crippen LogP contribution in [0.1, 0.15) is 25.7 Å². The average molecular weight is 291 g/mol. The molecule has 0 heterocycles. The van der Waals surface area contributed by atoms with Gasteiger partial charge in [-0.25, -0.2) is 21.9 Å². The maximum absolute atomic E-state index is 13.0. The van der Waals surface area contributed by atoms with Crippen molar-refractivity contribution in [2.75, 3.05) is 0 Å². The molecule has 2 rings (SSSR count). The first-order valence-corrected chi connectivity index (χ1v) is 7.53. The van der Waals surface area contributed by atoms with E-state index >= 15 is 0 Å². The molecule has 7 heteroatoms. The largest absolute Gasteiger partial charge is 0.391 e. The normalized spacial score (nSPS) is 24.4. The van der Waals surface area contributed by atoms with E-state index < -0.39 is 38.7 Å². The highest BCUT2D eigenvalue weighted by atomic mass is 32.2. The maximum atomic E-state index is 13.0. The third kappa shape index (κ3) is 3.49. The Balaban J connectivity index is 2.22. The van der Waals surface area contributed by atoms with Crippen molar-refractivity contribution in [1.29, 1.82) is 0 Å². The average Bonchev–Trinajstić information content (AvgIpc) is 2.31. The fourth-order valence-electron chi connectivity index (χ4n) is 2.20. The van der Waals surface area contributed by atoms with Gasteiger partial charge in [0.25, 0.3) is 0 Å². The summed E-state index contributed by atoms with van der Waals surface area (Å²) >= 11 is 0. The van der Waals surface area contributed by atoms with Crippen LogP contribution in [0, 0.1) is 11.6 Å². The van der Waals surface area contributed by atoms with Gasteiger partial charge in [-0.3, -0.25) is 0 Å². The minimum Gasteiger partial charge on any atom is -0.391 e. The number of rotatable bonds is 3. The van der Waals surface area contributed by atoms with Gasteiger partial charge in [-0.2, -0.15) is 0 Å². The second kappa shape index (κ2) is 5.52. The highest BCUT2D eigenvalue weighted by Crippen LogP contribution is 2.21. The fourth-order valence-corrected chi connectivity index (χ4v) is 3.54. The highest BCUT2D eigenvalue weighted by molar-refractivity contribution is 7.89.